The minimum absolute atomic E-state index is 0.400. The van der Waals surface area contributed by atoms with Gasteiger partial charge in [-0.05, 0) is 26.4 Å². The Labute approximate surface area is 81.4 Å². The average molecular weight is 186 g/mol. The van der Waals surface area contributed by atoms with E-state index in [0.29, 0.717) is 12.0 Å². The first-order valence-corrected chi connectivity index (χ1v) is 4.72. The van der Waals surface area contributed by atoms with Crippen LogP contribution in [-0.4, -0.2) is 19.5 Å². The molecule has 3 nitrogen and oxygen atoms in total. The first-order chi connectivity index (χ1) is 6.09. The van der Waals surface area contributed by atoms with Crippen LogP contribution in [0.4, 0.5) is 0 Å². The predicted molar refractivity (Wildman–Crippen MR) is 57.5 cm³/mol. The maximum atomic E-state index is 10.1. The van der Waals surface area contributed by atoms with Crippen molar-refractivity contribution in [3.05, 3.63) is 12.2 Å². The second-order valence-electron chi connectivity index (χ2n) is 2.78. The standard InChI is InChI=1S/C5H9NO.C5H13N/c1-3-4(2)5(6)7;1-3-4-5-6-2/h2-3H2,1H3,(H2,6,7);6H,3-5H2,1-2H3. The summed E-state index contributed by atoms with van der Waals surface area (Å²) in [5.41, 5.74) is 5.29. The summed E-state index contributed by atoms with van der Waals surface area (Å²) >= 11 is 0. The molecule has 0 atom stereocenters. The summed E-state index contributed by atoms with van der Waals surface area (Å²) in [4.78, 5) is 10.1. The molecule has 0 aliphatic rings. The lowest BCUT2D eigenvalue weighted by atomic mass is 10.2. The van der Waals surface area contributed by atoms with Crippen molar-refractivity contribution < 1.29 is 4.79 Å². The van der Waals surface area contributed by atoms with E-state index in [-0.39, 0.29) is 0 Å². The molecule has 3 heteroatoms. The molecule has 0 heterocycles. The van der Waals surface area contributed by atoms with Crippen LogP contribution in [0.15, 0.2) is 12.2 Å². The molecule has 0 aromatic heterocycles. The first kappa shape index (κ1) is 14.7. The highest BCUT2D eigenvalue weighted by Crippen LogP contribution is 1.91. The van der Waals surface area contributed by atoms with E-state index in [1.165, 1.54) is 12.8 Å². The normalized spacial score (nSPS) is 8.54. The van der Waals surface area contributed by atoms with Crippen LogP contribution in [0.25, 0.3) is 0 Å². The molecule has 0 aliphatic heterocycles. The van der Waals surface area contributed by atoms with Crippen LogP contribution in [-0.2, 0) is 4.79 Å². The molecule has 0 aromatic rings. The molecule has 0 unspecified atom stereocenters. The van der Waals surface area contributed by atoms with E-state index >= 15 is 0 Å². The number of amides is 1. The number of carbonyl (C=O) groups excluding carboxylic acids is 1. The average Bonchev–Trinajstić information content (AvgIpc) is 2.14. The number of nitrogens with one attached hydrogen (secondary N) is 1. The SMILES string of the molecule is C=C(CC)C(N)=O.CCCCNC. The summed E-state index contributed by atoms with van der Waals surface area (Å²) in [6, 6.07) is 0. The van der Waals surface area contributed by atoms with E-state index in [0.717, 1.165) is 6.54 Å². The largest absolute Gasteiger partial charge is 0.366 e. The third-order valence-corrected chi connectivity index (χ3v) is 1.56. The first-order valence-electron chi connectivity index (χ1n) is 4.72. The molecule has 0 aromatic carbocycles. The lowest BCUT2D eigenvalue weighted by molar-refractivity contribution is -0.114. The number of nitrogens with two attached hydrogens (primary N) is 1. The molecule has 0 saturated carbocycles. The fourth-order valence-electron chi connectivity index (χ4n) is 0.528. The Balaban J connectivity index is 0. The van der Waals surface area contributed by atoms with Gasteiger partial charge in [0.15, 0.2) is 0 Å². The summed E-state index contributed by atoms with van der Waals surface area (Å²) in [7, 11) is 1.98. The van der Waals surface area contributed by atoms with Crippen molar-refractivity contribution in [3.8, 4) is 0 Å². The Morgan fingerprint density at radius 2 is 2.00 bits per heavy atom. The minimum Gasteiger partial charge on any atom is -0.366 e. The summed E-state index contributed by atoms with van der Waals surface area (Å²) in [5, 5.41) is 3.07. The Bertz CT molecular complexity index is 140. The van der Waals surface area contributed by atoms with Gasteiger partial charge in [-0.15, -0.1) is 0 Å². The second kappa shape index (κ2) is 11.2. The number of hydrogen-bond donors (Lipinski definition) is 2. The molecule has 13 heavy (non-hydrogen) atoms. The van der Waals surface area contributed by atoms with Crippen molar-refractivity contribution in [1.82, 2.24) is 5.32 Å². The second-order valence-corrected chi connectivity index (χ2v) is 2.78. The highest BCUT2D eigenvalue weighted by molar-refractivity contribution is 5.91. The molecule has 0 aliphatic carbocycles. The third-order valence-electron chi connectivity index (χ3n) is 1.56. The zero-order valence-electron chi connectivity index (χ0n) is 9.02. The van der Waals surface area contributed by atoms with Crippen molar-refractivity contribution >= 4 is 5.91 Å². The number of carbonyl (C=O) groups is 1. The van der Waals surface area contributed by atoms with Gasteiger partial charge in [-0.3, -0.25) is 4.79 Å². The Morgan fingerprint density at radius 1 is 1.46 bits per heavy atom. The maximum Gasteiger partial charge on any atom is 0.244 e. The summed E-state index contributed by atoms with van der Waals surface area (Å²) in [6.45, 7) is 8.59. The van der Waals surface area contributed by atoms with E-state index in [1.807, 2.05) is 14.0 Å². The van der Waals surface area contributed by atoms with Crippen LogP contribution < -0.4 is 11.1 Å². The Morgan fingerprint density at radius 3 is 2.08 bits per heavy atom. The van der Waals surface area contributed by atoms with Crippen molar-refractivity contribution in [3.63, 3.8) is 0 Å². The van der Waals surface area contributed by atoms with Gasteiger partial charge in [0.25, 0.3) is 0 Å². The molecule has 0 radical (unpaired) electrons. The van der Waals surface area contributed by atoms with Crippen LogP contribution in [0, 0.1) is 0 Å². The van der Waals surface area contributed by atoms with Gasteiger partial charge in [0.2, 0.25) is 5.91 Å². The van der Waals surface area contributed by atoms with E-state index < -0.39 is 5.91 Å². The molecule has 0 fully saturated rings. The summed E-state index contributed by atoms with van der Waals surface area (Å²) in [5.74, 6) is -0.400. The molecule has 1 amide bonds. The number of unbranched alkanes of at least 4 members (excludes halogenated alkanes) is 1. The molecule has 0 rings (SSSR count). The van der Waals surface area contributed by atoms with Crippen LogP contribution in [0.5, 0.6) is 0 Å². The van der Waals surface area contributed by atoms with Crippen LogP contribution in [0.3, 0.4) is 0 Å². The molecule has 78 valence electrons. The molecule has 0 spiro atoms. The zero-order valence-corrected chi connectivity index (χ0v) is 9.02. The van der Waals surface area contributed by atoms with Gasteiger partial charge in [0.05, 0.1) is 0 Å². The fourth-order valence-corrected chi connectivity index (χ4v) is 0.528. The lowest BCUT2D eigenvalue weighted by Gasteiger charge is -1.89. The number of hydrogen-bond acceptors (Lipinski definition) is 2. The Hall–Kier alpha value is -0.830. The molecular weight excluding hydrogens is 164 g/mol. The topological polar surface area (TPSA) is 55.1 Å². The fraction of sp³-hybridized carbons (Fsp3) is 0.700. The lowest BCUT2D eigenvalue weighted by Crippen LogP contribution is -2.11. The Kier molecular flexibility index (Phi) is 12.6. The van der Waals surface area contributed by atoms with Gasteiger partial charge < -0.3 is 11.1 Å². The summed E-state index contributed by atoms with van der Waals surface area (Å²) < 4.78 is 0. The zero-order chi connectivity index (χ0) is 10.7. The molecule has 0 bridgehead atoms. The highest BCUT2D eigenvalue weighted by Gasteiger charge is 1.93. The number of rotatable bonds is 5. The highest BCUT2D eigenvalue weighted by atomic mass is 16.1. The van der Waals surface area contributed by atoms with Gasteiger partial charge in [0, 0.05) is 5.57 Å². The van der Waals surface area contributed by atoms with Gasteiger partial charge in [-0.25, -0.2) is 0 Å². The van der Waals surface area contributed by atoms with Crippen LogP contribution >= 0.6 is 0 Å². The van der Waals surface area contributed by atoms with Crippen molar-refractivity contribution in [1.29, 1.82) is 0 Å². The molecular formula is C10H22N2O. The maximum absolute atomic E-state index is 10.1. The van der Waals surface area contributed by atoms with Crippen LogP contribution in [0.2, 0.25) is 0 Å². The minimum atomic E-state index is -0.400. The van der Waals surface area contributed by atoms with E-state index in [2.05, 4.69) is 18.8 Å². The van der Waals surface area contributed by atoms with E-state index in [4.69, 9.17) is 5.73 Å². The summed E-state index contributed by atoms with van der Waals surface area (Å²) in [6.07, 6.45) is 3.24. The number of primary amides is 1. The monoisotopic (exact) mass is 186 g/mol. The van der Waals surface area contributed by atoms with Gasteiger partial charge >= 0.3 is 0 Å². The van der Waals surface area contributed by atoms with Crippen molar-refractivity contribution in [2.45, 2.75) is 33.1 Å². The van der Waals surface area contributed by atoms with Crippen molar-refractivity contribution in [2.24, 2.45) is 5.73 Å². The predicted octanol–water partition coefficient (Wildman–Crippen LogP) is 1.44. The van der Waals surface area contributed by atoms with Crippen molar-refractivity contribution in [2.75, 3.05) is 13.6 Å². The van der Waals surface area contributed by atoms with E-state index in [1.54, 1.807) is 0 Å². The molecule has 0 saturated heterocycles. The van der Waals surface area contributed by atoms with Gasteiger partial charge in [-0.1, -0.05) is 26.8 Å². The van der Waals surface area contributed by atoms with Crippen LogP contribution in [0.1, 0.15) is 33.1 Å². The molecule has 3 N–H and O–H groups in total. The van der Waals surface area contributed by atoms with Gasteiger partial charge in [-0.2, -0.15) is 0 Å². The van der Waals surface area contributed by atoms with E-state index in [9.17, 15) is 4.79 Å². The smallest absolute Gasteiger partial charge is 0.244 e. The van der Waals surface area contributed by atoms with Gasteiger partial charge in [0.1, 0.15) is 0 Å². The third kappa shape index (κ3) is 14.1. The quantitative estimate of drug-likeness (QED) is 0.504.